The van der Waals surface area contributed by atoms with Gasteiger partial charge in [-0.25, -0.2) is 4.79 Å². The summed E-state index contributed by atoms with van der Waals surface area (Å²) in [5.74, 6) is 0.766. The minimum atomic E-state index is -0.616. The summed E-state index contributed by atoms with van der Waals surface area (Å²) in [5.41, 5.74) is 3.55. The smallest absolute Gasteiger partial charge is 0.344 e. The van der Waals surface area contributed by atoms with E-state index in [9.17, 15) is 9.59 Å². The number of rotatable bonds is 6. The molecule has 1 aliphatic heterocycles. The lowest BCUT2D eigenvalue weighted by molar-refractivity contribution is -0.149. The molecule has 0 bridgehead atoms. The molecule has 7 nitrogen and oxygen atoms in total. The van der Waals surface area contributed by atoms with Gasteiger partial charge in [-0.2, -0.15) is 0 Å². The molecule has 1 N–H and O–H groups in total. The number of esters is 1. The van der Waals surface area contributed by atoms with Gasteiger partial charge in [0, 0.05) is 11.8 Å². The number of amides is 1. The van der Waals surface area contributed by atoms with Crippen molar-refractivity contribution in [3.05, 3.63) is 47.0 Å². The van der Waals surface area contributed by atoms with E-state index in [0.717, 1.165) is 16.7 Å². The molecule has 0 atom stereocenters. The van der Waals surface area contributed by atoms with Crippen LogP contribution in [-0.2, 0) is 14.3 Å². The number of carbonyl (C=O) groups excluding carboxylic acids is 2. The first kappa shape index (κ1) is 18.6. The summed E-state index contributed by atoms with van der Waals surface area (Å²) in [6.45, 7) is 5.32. The van der Waals surface area contributed by atoms with Crippen LogP contribution < -0.4 is 19.5 Å². The molecule has 0 aromatic heterocycles. The van der Waals surface area contributed by atoms with Crippen molar-refractivity contribution in [2.24, 2.45) is 0 Å². The molecular weight excluding hydrogens is 350 g/mol. The lowest BCUT2D eigenvalue weighted by Gasteiger charge is -2.13. The van der Waals surface area contributed by atoms with Gasteiger partial charge in [-0.3, -0.25) is 4.79 Å². The molecule has 1 heterocycles. The van der Waals surface area contributed by atoms with Crippen LogP contribution in [0.4, 0.5) is 5.69 Å². The zero-order valence-electron chi connectivity index (χ0n) is 15.5. The normalized spacial score (nSPS) is 11.8. The standard InChI is InChI=1S/C20H21NO6/c1-12-6-13(2)20(14(3)7-12)25-10-19(23)24-9-18(22)21-15-4-5-16-17(8-15)27-11-26-16/h4-8H,9-11H2,1-3H3,(H,21,22). The Morgan fingerprint density at radius 3 is 2.44 bits per heavy atom. The SMILES string of the molecule is Cc1cc(C)c(OCC(=O)OCC(=O)Nc2ccc3c(c2)OCO3)c(C)c1. The molecule has 27 heavy (non-hydrogen) atoms. The van der Waals surface area contributed by atoms with Crippen LogP contribution in [0.1, 0.15) is 16.7 Å². The van der Waals surface area contributed by atoms with E-state index in [1.165, 1.54) is 0 Å². The van der Waals surface area contributed by atoms with Gasteiger partial charge in [-0.15, -0.1) is 0 Å². The van der Waals surface area contributed by atoms with E-state index < -0.39 is 18.5 Å². The molecule has 7 heteroatoms. The topological polar surface area (TPSA) is 83.1 Å². The first-order chi connectivity index (χ1) is 12.9. The average molecular weight is 371 g/mol. The minimum absolute atomic E-state index is 0.157. The van der Waals surface area contributed by atoms with E-state index in [4.69, 9.17) is 18.9 Å². The highest BCUT2D eigenvalue weighted by Gasteiger charge is 2.15. The van der Waals surface area contributed by atoms with Crippen molar-refractivity contribution in [1.29, 1.82) is 0 Å². The van der Waals surface area contributed by atoms with E-state index in [0.29, 0.717) is 22.9 Å². The Bertz CT molecular complexity index is 854. The van der Waals surface area contributed by atoms with E-state index in [2.05, 4.69) is 5.32 Å². The second kappa shape index (κ2) is 7.99. The number of carbonyl (C=O) groups is 2. The summed E-state index contributed by atoms with van der Waals surface area (Å²) < 4.78 is 21.0. The lowest BCUT2D eigenvalue weighted by Crippen LogP contribution is -2.23. The van der Waals surface area contributed by atoms with Crippen LogP contribution in [0.25, 0.3) is 0 Å². The van der Waals surface area contributed by atoms with Crippen molar-refractivity contribution in [1.82, 2.24) is 0 Å². The van der Waals surface area contributed by atoms with E-state index in [1.807, 2.05) is 32.9 Å². The van der Waals surface area contributed by atoms with Gasteiger partial charge >= 0.3 is 5.97 Å². The van der Waals surface area contributed by atoms with Crippen molar-refractivity contribution in [3.8, 4) is 17.2 Å². The predicted molar refractivity (Wildman–Crippen MR) is 98.3 cm³/mol. The second-order valence-electron chi connectivity index (χ2n) is 6.29. The van der Waals surface area contributed by atoms with Crippen molar-refractivity contribution >= 4 is 17.6 Å². The third-order valence-electron chi connectivity index (χ3n) is 3.96. The maximum Gasteiger partial charge on any atom is 0.344 e. The molecule has 142 valence electrons. The van der Waals surface area contributed by atoms with Gasteiger partial charge in [0.25, 0.3) is 5.91 Å². The molecule has 0 unspecified atom stereocenters. The van der Waals surface area contributed by atoms with Crippen LogP contribution >= 0.6 is 0 Å². The van der Waals surface area contributed by atoms with Crippen LogP contribution in [0.2, 0.25) is 0 Å². The van der Waals surface area contributed by atoms with Gasteiger partial charge in [-0.05, 0) is 44.0 Å². The van der Waals surface area contributed by atoms with Gasteiger partial charge in [0.15, 0.2) is 24.7 Å². The predicted octanol–water partition coefficient (Wildman–Crippen LogP) is 2.90. The minimum Gasteiger partial charge on any atom is -0.481 e. The highest BCUT2D eigenvalue weighted by atomic mass is 16.7. The number of hydrogen-bond donors (Lipinski definition) is 1. The molecule has 1 aliphatic rings. The molecule has 0 saturated carbocycles. The Hall–Kier alpha value is -3.22. The molecule has 0 saturated heterocycles. The Kier molecular flexibility index (Phi) is 5.49. The fourth-order valence-electron chi connectivity index (χ4n) is 2.88. The largest absolute Gasteiger partial charge is 0.481 e. The molecule has 0 fully saturated rings. The maximum atomic E-state index is 11.9. The van der Waals surface area contributed by atoms with Crippen molar-refractivity contribution < 1.29 is 28.5 Å². The molecule has 0 radical (unpaired) electrons. The summed E-state index contributed by atoms with van der Waals surface area (Å²) >= 11 is 0. The zero-order valence-corrected chi connectivity index (χ0v) is 15.5. The highest BCUT2D eigenvalue weighted by Crippen LogP contribution is 2.34. The first-order valence-corrected chi connectivity index (χ1v) is 8.48. The van der Waals surface area contributed by atoms with Crippen LogP contribution in [0.3, 0.4) is 0 Å². The first-order valence-electron chi connectivity index (χ1n) is 8.48. The Labute approximate surface area is 157 Å². The third kappa shape index (κ3) is 4.69. The monoisotopic (exact) mass is 371 g/mol. The number of ether oxygens (including phenoxy) is 4. The number of anilines is 1. The number of benzene rings is 2. The highest BCUT2D eigenvalue weighted by molar-refractivity contribution is 5.93. The number of aryl methyl sites for hydroxylation is 3. The molecule has 3 rings (SSSR count). The van der Waals surface area contributed by atoms with E-state index in [-0.39, 0.29) is 13.4 Å². The second-order valence-corrected chi connectivity index (χ2v) is 6.29. The number of fused-ring (bicyclic) bond motifs is 1. The Morgan fingerprint density at radius 2 is 1.70 bits per heavy atom. The van der Waals surface area contributed by atoms with Crippen LogP contribution in [0.15, 0.2) is 30.3 Å². The number of nitrogens with one attached hydrogen (secondary N) is 1. The molecule has 1 amide bonds. The molecular formula is C20H21NO6. The molecule has 0 spiro atoms. The van der Waals surface area contributed by atoms with Crippen LogP contribution in [0, 0.1) is 20.8 Å². The fraction of sp³-hybridized carbons (Fsp3) is 0.300. The fourth-order valence-corrected chi connectivity index (χ4v) is 2.88. The van der Waals surface area contributed by atoms with Crippen molar-refractivity contribution in [3.63, 3.8) is 0 Å². The zero-order chi connectivity index (χ0) is 19.4. The van der Waals surface area contributed by atoms with E-state index >= 15 is 0 Å². The van der Waals surface area contributed by atoms with Gasteiger partial charge in [-0.1, -0.05) is 17.7 Å². The van der Waals surface area contributed by atoms with Gasteiger partial charge in [0.2, 0.25) is 6.79 Å². The van der Waals surface area contributed by atoms with Crippen molar-refractivity contribution in [2.75, 3.05) is 25.3 Å². The van der Waals surface area contributed by atoms with Gasteiger partial charge in [0.05, 0.1) is 0 Å². The maximum absolute atomic E-state index is 11.9. The van der Waals surface area contributed by atoms with Crippen LogP contribution in [-0.4, -0.2) is 31.9 Å². The summed E-state index contributed by atoms with van der Waals surface area (Å²) in [5, 5.41) is 2.63. The third-order valence-corrected chi connectivity index (χ3v) is 3.96. The summed E-state index contributed by atoms with van der Waals surface area (Å²) in [4.78, 5) is 23.8. The molecule has 2 aromatic rings. The van der Waals surface area contributed by atoms with Crippen molar-refractivity contribution in [2.45, 2.75) is 20.8 Å². The molecule has 2 aromatic carbocycles. The summed E-state index contributed by atoms with van der Waals surface area (Å²) in [7, 11) is 0. The van der Waals surface area contributed by atoms with Gasteiger partial charge in [0.1, 0.15) is 5.75 Å². The Morgan fingerprint density at radius 1 is 1.00 bits per heavy atom. The summed E-state index contributed by atoms with van der Waals surface area (Å²) in [6.07, 6.45) is 0. The lowest BCUT2D eigenvalue weighted by atomic mass is 10.1. The average Bonchev–Trinajstić information content (AvgIpc) is 3.06. The quantitative estimate of drug-likeness (QED) is 0.786. The Balaban J connectivity index is 1.46. The summed E-state index contributed by atoms with van der Waals surface area (Å²) in [6, 6.07) is 8.98. The number of hydrogen-bond acceptors (Lipinski definition) is 6. The van der Waals surface area contributed by atoms with Crippen LogP contribution in [0.5, 0.6) is 17.2 Å². The molecule has 0 aliphatic carbocycles. The van der Waals surface area contributed by atoms with E-state index in [1.54, 1.807) is 18.2 Å². The van der Waals surface area contributed by atoms with Gasteiger partial charge < -0.3 is 24.3 Å².